The van der Waals surface area contributed by atoms with Crippen LogP contribution in [0.25, 0.3) is 32.7 Å². The molecule has 0 aliphatic heterocycles. The molecule has 0 atom stereocenters. The van der Waals surface area contributed by atoms with Crippen LogP contribution in [0.3, 0.4) is 0 Å². The fraction of sp³-hybridized carbons (Fsp3) is 0. The first-order valence-electron chi connectivity index (χ1n) is 6.80. The topological polar surface area (TPSA) is 0 Å². The minimum absolute atomic E-state index is 1.24. The van der Waals surface area contributed by atoms with E-state index in [0.29, 0.717) is 0 Å². The molecule has 0 N–H and O–H groups in total. The molecule has 0 heteroatoms. The third-order valence-corrected chi connectivity index (χ3v) is 3.77. The van der Waals surface area contributed by atoms with Crippen molar-refractivity contribution in [2.75, 3.05) is 0 Å². The van der Waals surface area contributed by atoms with Gasteiger partial charge in [0.1, 0.15) is 0 Å². The second-order valence-electron chi connectivity index (χ2n) is 4.99. The molecule has 0 bridgehead atoms. The van der Waals surface area contributed by atoms with E-state index >= 15 is 0 Å². The number of rotatable bonds is 1. The first-order valence-corrected chi connectivity index (χ1v) is 6.80. The summed E-state index contributed by atoms with van der Waals surface area (Å²) in [5, 5.41) is 5.11. The normalized spacial score (nSPS) is 11.0. The molecule has 0 fully saturated rings. The van der Waals surface area contributed by atoms with Crippen molar-refractivity contribution >= 4 is 21.5 Å². The van der Waals surface area contributed by atoms with Crippen molar-refractivity contribution in [2.45, 2.75) is 0 Å². The van der Waals surface area contributed by atoms with Gasteiger partial charge < -0.3 is 0 Å². The maximum absolute atomic E-state index is 3.18. The zero-order chi connectivity index (χ0) is 13.4. The molecule has 4 aromatic carbocycles. The second kappa shape index (κ2) is 4.50. The monoisotopic (exact) mass is 253 g/mol. The molecule has 4 rings (SSSR count). The lowest BCUT2D eigenvalue weighted by atomic mass is 9.92. The molecule has 0 aliphatic carbocycles. The first-order chi connectivity index (χ1) is 9.93. The molecule has 0 nitrogen and oxygen atoms in total. The van der Waals surface area contributed by atoms with E-state index in [0.717, 1.165) is 0 Å². The zero-order valence-corrected chi connectivity index (χ0v) is 11.0. The largest absolute Gasteiger partial charge is 0.0622 e. The van der Waals surface area contributed by atoms with E-state index in [9.17, 15) is 0 Å². The van der Waals surface area contributed by atoms with Crippen LogP contribution in [0.4, 0.5) is 0 Å². The van der Waals surface area contributed by atoms with Crippen molar-refractivity contribution in [3.63, 3.8) is 0 Å². The average Bonchev–Trinajstić information content (AvgIpc) is 2.53. The van der Waals surface area contributed by atoms with Gasteiger partial charge in [-0.15, -0.1) is 0 Å². The Kier molecular flexibility index (Phi) is 2.53. The van der Waals surface area contributed by atoms with Gasteiger partial charge in [0.05, 0.1) is 0 Å². The number of benzene rings is 4. The third-order valence-electron chi connectivity index (χ3n) is 3.77. The molecule has 0 amide bonds. The fourth-order valence-corrected chi connectivity index (χ4v) is 2.87. The highest BCUT2D eigenvalue weighted by Crippen LogP contribution is 2.35. The molecule has 0 unspecified atom stereocenters. The lowest BCUT2D eigenvalue weighted by molar-refractivity contribution is 1.67. The third kappa shape index (κ3) is 1.70. The Balaban J connectivity index is 2.24. The van der Waals surface area contributed by atoms with Crippen molar-refractivity contribution < 1.29 is 0 Å². The summed E-state index contributed by atoms with van der Waals surface area (Å²) in [6, 6.07) is 30.8. The Morgan fingerprint density at radius 1 is 0.650 bits per heavy atom. The van der Waals surface area contributed by atoms with E-state index in [1.165, 1.54) is 32.7 Å². The summed E-state index contributed by atoms with van der Waals surface area (Å²) in [6.07, 6.45) is 0. The summed E-state index contributed by atoms with van der Waals surface area (Å²) >= 11 is 0. The van der Waals surface area contributed by atoms with Crippen LogP contribution in [0.15, 0.2) is 78.9 Å². The number of hydrogen-bond donors (Lipinski definition) is 0. The van der Waals surface area contributed by atoms with E-state index in [2.05, 4.69) is 78.9 Å². The minimum Gasteiger partial charge on any atom is -0.0622 e. The predicted octanol–water partition coefficient (Wildman–Crippen LogP) is 5.46. The highest BCUT2D eigenvalue weighted by atomic mass is 14.1. The van der Waals surface area contributed by atoms with E-state index in [1.54, 1.807) is 0 Å². The number of hydrogen-bond acceptors (Lipinski definition) is 0. The summed E-state index contributed by atoms with van der Waals surface area (Å²) in [7, 11) is 0. The standard InChI is InChI=1S/C20H13/c1-2-8-15(9-3-1)20-18-12-6-4-10-16(18)14-17-11-5-7-13-19(17)20/h1-4,6-14H. The molecular weight excluding hydrogens is 240 g/mol. The highest BCUT2D eigenvalue weighted by molar-refractivity contribution is 6.12. The molecule has 0 saturated carbocycles. The van der Waals surface area contributed by atoms with Gasteiger partial charge in [0, 0.05) is 0 Å². The van der Waals surface area contributed by atoms with Crippen LogP contribution in [-0.2, 0) is 0 Å². The predicted molar refractivity (Wildman–Crippen MR) is 85.7 cm³/mol. The van der Waals surface area contributed by atoms with Crippen molar-refractivity contribution in [3.05, 3.63) is 84.9 Å². The number of fused-ring (bicyclic) bond motifs is 2. The van der Waals surface area contributed by atoms with Crippen LogP contribution in [0.2, 0.25) is 0 Å². The summed E-state index contributed by atoms with van der Waals surface area (Å²) in [5.74, 6) is 0. The van der Waals surface area contributed by atoms with Gasteiger partial charge in [-0.1, -0.05) is 66.7 Å². The summed E-state index contributed by atoms with van der Waals surface area (Å²) in [4.78, 5) is 0. The molecule has 20 heavy (non-hydrogen) atoms. The molecule has 1 radical (unpaired) electrons. The molecular formula is C20H13. The Morgan fingerprint density at radius 3 is 2.30 bits per heavy atom. The van der Waals surface area contributed by atoms with Gasteiger partial charge in [-0.25, -0.2) is 0 Å². The SMILES string of the molecule is [c]1ccc2c(-c3ccccc3)c3ccccc3cc2c1. The van der Waals surface area contributed by atoms with E-state index in [4.69, 9.17) is 0 Å². The van der Waals surface area contributed by atoms with E-state index in [1.807, 2.05) is 6.07 Å². The molecule has 0 heterocycles. The fourth-order valence-electron chi connectivity index (χ4n) is 2.87. The first kappa shape index (κ1) is 11.2. The molecule has 4 aromatic rings. The van der Waals surface area contributed by atoms with Gasteiger partial charge in [0.25, 0.3) is 0 Å². The van der Waals surface area contributed by atoms with Gasteiger partial charge in [-0.3, -0.25) is 0 Å². The average molecular weight is 253 g/mol. The Hall–Kier alpha value is -2.60. The quantitative estimate of drug-likeness (QED) is 0.395. The summed E-state index contributed by atoms with van der Waals surface area (Å²) < 4.78 is 0. The zero-order valence-electron chi connectivity index (χ0n) is 11.0. The Labute approximate surface area is 118 Å². The molecule has 0 aliphatic rings. The van der Waals surface area contributed by atoms with Crippen LogP contribution in [0.1, 0.15) is 0 Å². The van der Waals surface area contributed by atoms with Crippen LogP contribution in [0, 0.1) is 6.07 Å². The lowest BCUT2D eigenvalue weighted by Gasteiger charge is -2.11. The maximum Gasteiger partial charge on any atom is -0.00268 e. The smallest absolute Gasteiger partial charge is 0.00268 e. The lowest BCUT2D eigenvalue weighted by Crippen LogP contribution is -1.85. The minimum atomic E-state index is 1.24. The van der Waals surface area contributed by atoms with Gasteiger partial charge in [-0.05, 0) is 50.9 Å². The molecule has 0 aromatic heterocycles. The highest BCUT2D eigenvalue weighted by Gasteiger charge is 2.08. The van der Waals surface area contributed by atoms with Crippen LogP contribution in [0.5, 0.6) is 0 Å². The van der Waals surface area contributed by atoms with Gasteiger partial charge in [0.2, 0.25) is 0 Å². The van der Waals surface area contributed by atoms with Crippen LogP contribution >= 0.6 is 0 Å². The van der Waals surface area contributed by atoms with E-state index in [-0.39, 0.29) is 0 Å². The second-order valence-corrected chi connectivity index (χ2v) is 4.99. The molecule has 0 spiro atoms. The molecule has 93 valence electrons. The van der Waals surface area contributed by atoms with Gasteiger partial charge in [0.15, 0.2) is 0 Å². The molecule has 0 saturated heterocycles. The van der Waals surface area contributed by atoms with Crippen molar-refractivity contribution in [1.82, 2.24) is 0 Å². The van der Waals surface area contributed by atoms with Crippen molar-refractivity contribution in [3.8, 4) is 11.1 Å². The van der Waals surface area contributed by atoms with E-state index < -0.39 is 0 Å². The van der Waals surface area contributed by atoms with Crippen LogP contribution < -0.4 is 0 Å². The summed E-state index contributed by atoms with van der Waals surface area (Å²) in [5.41, 5.74) is 2.58. The van der Waals surface area contributed by atoms with Crippen molar-refractivity contribution in [1.29, 1.82) is 0 Å². The van der Waals surface area contributed by atoms with Crippen molar-refractivity contribution in [2.24, 2.45) is 0 Å². The Bertz CT molecular complexity index is 835. The Morgan fingerprint density at radius 2 is 1.40 bits per heavy atom. The maximum atomic E-state index is 3.18. The van der Waals surface area contributed by atoms with Crippen LogP contribution in [-0.4, -0.2) is 0 Å². The van der Waals surface area contributed by atoms with Gasteiger partial charge in [-0.2, -0.15) is 0 Å². The summed E-state index contributed by atoms with van der Waals surface area (Å²) in [6.45, 7) is 0. The van der Waals surface area contributed by atoms with Gasteiger partial charge >= 0.3 is 0 Å².